The molecule has 2 aromatic rings. The lowest BCUT2D eigenvalue weighted by molar-refractivity contribution is -0.121. The molecule has 0 aliphatic heterocycles. The van der Waals surface area contributed by atoms with E-state index in [2.05, 4.69) is 5.32 Å². The summed E-state index contributed by atoms with van der Waals surface area (Å²) in [4.78, 5) is 22.3. The fraction of sp³-hybridized carbons (Fsp3) is 0.250. The van der Waals surface area contributed by atoms with Crippen molar-refractivity contribution in [1.29, 1.82) is 0 Å². The first-order valence-corrected chi connectivity index (χ1v) is 8.55. The first kappa shape index (κ1) is 17.4. The summed E-state index contributed by atoms with van der Waals surface area (Å²) in [6.07, 6.45) is 0.336. The number of furan rings is 1. The highest BCUT2D eigenvalue weighted by molar-refractivity contribution is 7.99. The van der Waals surface area contributed by atoms with Gasteiger partial charge in [0.05, 0.1) is 12.3 Å². The molecule has 0 saturated carbocycles. The first-order chi connectivity index (χ1) is 11.0. The third-order valence-corrected chi connectivity index (χ3v) is 4.20. The lowest BCUT2D eigenvalue weighted by Crippen LogP contribution is -2.23. The molecule has 0 spiro atoms. The second-order valence-corrected chi connectivity index (χ2v) is 6.36. The van der Waals surface area contributed by atoms with Gasteiger partial charge in [0.2, 0.25) is 11.8 Å². The van der Waals surface area contributed by atoms with Gasteiger partial charge in [-0.2, -0.15) is 11.8 Å². The molecule has 0 aliphatic carbocycles. The molecule has 2 rings (SSSR count). The van der Waals surface area contributed by atoms with Crippen LogP contribution in [-0.2, 0) is 16.1 Å². The number of primary amides is 1. The first-order valence-electron chi connectivity index (χ1n) is 7.02. The smallest absolute Gasteiger partial charge is 0.227 e. The summed E-state index contributed by atoms with van der Waals surface area (Å²) < 4.78 is 5.69. The van der Waals surface area contributed by atoms with Gasteiger partial charge in [-0.3, -0.25) is 9.59 Å². The summed E-state index contributed by atoms with van der Waals surface area (Å²) >= 11 is 7.20. The minimum Gasteiger partial charge on any atom is -0.459 e. The van der Waals surface area contributed by atoms with Gasteiger partial charge in [0.25, 0.3) is 0 Å². The predicted octanol–water partition coefficient (Wildman–Crippen LogP) is 2.82. The third kappa shape index (κ3) is 6.00. The van der Waals surface area contributed by atoms with Crippen LogP contribution in [0.4, 0.5) is 0 Å². The average molecular weight is 353 g/mol. The van der Waals surface area contributed by atoms with Crippen LogP contribution >= 0.6 is 23.4 Å². The SMILES string of the molecule is NC(=O)CSCCC(=O)NCc1ccc(-c2ccc(Cl)cc2)o1. The number of halogens is 1. The largest absolute Gasteiger partial charge is 0.459 e. The fourth-order valence-corrected chi connectivity index (χ4v) is 2.66. The Kier molecular flexibility index (Phi) is 6.55. The molecule has 2 amide bonds. The molecule has 23 heavy (non-hydrogen) atoms. The summed E-state index contributed by atoms with van der Waals surface area (Å²) in [5.74, 6) is 1.72. The van der Waals surface area contributed by atoms with Crippen molar-refractivity contribution in [2.75, 3.05) is 11.5 Å². The lowest BCUT2D eigenvalue weighted by Gasteiger charge is -2.03. The van der Waals surface area contributed by atoms with Gasteiger partial charge < -0.3 is 15.5 Å². The van der Waals surface area contributed by atoms with E-state index in [1.165, 1.54) is 11.8 Å². The molecule has 0 radical (unpaired) electrons. The number of hydrogen-bond donors (Lipinski definition) is 2. The van der Waals surface area contributed by atoms with Crippen molar-refractivity contribution >= 4 is 35.2 Å². The highest BCUT2D eigenvalue weighted by Crippen LogP contribution is 2.23. The van der Waals surface area contributed by atoms with Gasteiger partial charge in [-0.05, 0) is 36.4 Å². The van der Waals surface area contributed by atoms with Gasteiger partial charge in [-0.1, -0.05) is 11.6 Å². The zero-order chi connectivity index (χ0) is 16.7. The van der Waals surface area contributed by atoms with Gasteiger partial charge in [0, 0.05) is 22.8 Å². The predicted molar refractivity (Wildman–Crippen MR) is 92.1 cm³/mol. The number of amides is 2. The second kappa shape index (κ2) is 8.64. The topological polar surface area (TPSA) is 85.3 Å². The third-order valence-electron chi connectivity index (χ3n) is 2.97. The molecule has 0 unspecified atom stereocenters. The van der Waals surface area contributed by atoms with E-state index in [1.54, 1.807) is 12.1 Å². The number of nitrogens with one attached hydrogen (secondary N) is 1. The van der Waals surface area contributed by atoms with Gasteiger partial charge in [0.1, 0.15) is 11.5 Å². The molecule has 7 heteroatoms. The highest BCUT2D eigenvalue weighted by Gasteiger charge is 2.07. The Labute approximate surface area is 143 Å². The van der Waals surface area contributed by atoms with Crippen molar-refractivity contribution in [2.24, 2.45) is 5.73 Å². The van der Waals surface area contributed by atoms with E-state index in [1.807, 2.05) is 24.3 Å². The molecular formula is C16H17ClN2O3S. The normalized spacial score (nSPS) is 10.5. The molecular weight excluding hydrogens is 336 g/mol. The van der Waals surface area contributed by atoms with E-state index < -0.39 is 0 Å². The number of rotatable bonds is 8. The van der Waals surface area contributed by atoms with Crippen LogP contribution in [0.2, 0.25) is 5.02 Å². The zero-order valence-electron chi connectivity index (χ0n) is 12.4. The number of benzene rings is 1. The van der Waals surface area contributed by atoms with Crippen LogP contribution in [0.15, 0.2) is 40.8 Å². The van der Waals surface area contributed by atoms with E-state index in [9.17, 15) is 9.59 Å². The summed E-state index contributed by atoms with van der Waals surface area (Å²) in [7, 11) is 0. The Morgan fingerprint density at radius 1 is 1.17 bits per heavy atom. The molecule has 0 saturated heterocycles. The van der Waals surface area contributed by atoms with Crippen LogP contribution < -0.4 is 11.1 Å². The van der Waals surface area contributed by atoms with Gasteiger partial charge >= 0.3 is 0 Å². The molecule has 0 bridgehead atoms. The lowest BCUT2D eigenvalue weighted by atomic mass is 10.2. The average Bonchev–Trinajstić information content (AvgIpc) is 2.99. The number of carbonyl (C=O) groups is 2. The van der Waals surface area contributed by atoms with Crippen molar-refractivity contribution in [3.05, 3.63) is 47.2 Å². The quantitative estimate of drug-likeness (QED) is 0.715. The van der Waals surface area contributed by atoms with Gasteiger partial charge in [-0.15, -0.1) is 0 Å². The van der Waals surface area contributed by atoms with E-state index in [0.717, 1.165) is 11.3 Å². The van der Waals surface area contributed by atoms with E-state index >= 15 is 0 Å². The summed E-state index contributed by atoms with van der Waals surface area (Å²) in [6.45, 7) is 0.326. The maximum atomic E-state index is 11.7. The molecule has 122 valence electrons. The number of thioether (sulfide) groups is 1. The molecule has 1 aromatic carbocycles. The Morgan fingerprint density at radius 2 is 1.91 bits per heavy atom. The van der Waals surface area contributed by atoms with E-state index in [0.29, 0.717) is 29.5 Å². The van der Waals surface area contributed by atoms with Crippen molar-refractivity contribution in [1.82, 2.24) is 5.32 Å². The van der Waals surface area contributed by atoms with Crippen LogP contribution in [0.25, 0.3) is 11.3 Å². The van der Waals surface area contributed by atoms with Crippen LogP contribution in [0, 0.1) is 0 Å². The van der Waals surface area contributed by atoms with Crippen LogP contribution in [0.1, 0.15) is 12.2 Å². The second-order valence-electron chi connectivity index (χ2n) is 4.82. The summed E-state index contributed by atoms with van der Waals surface area (Å²) in [5, 5.41) is 3.45. The maximum absolute atomic E-state index is 11.7. The van der Waals surface area contributed by atoms with Gasteiger partial charge in [0.15, 0.2) is 0 Å². The maximum Gasteiger partial charge on any atom is 0.227 e. The summed E-state index contributed by atoms with van der Waals surface area (Å²) in [6, 6.07) is 11.0. The molecule has 1 heterocycles. The van der Waals surface area contributed by atoms with Crippen LogP contribution in [0.5, 0.6) is 0 Å². The Bertz CT molecular complexity index is 670. The Balaban J connectivity index is 1.77. The van der Waals surface area contributed by atoms with Crippen molar-refractivity contribution < 1.29 is 14.0 Å². The van der Waals surface area contributed by atoms with Crippen molar-refractivity contribution in [2.45, 2.75) is 13.0 Å². The minimum atomic E-state index is -0.374. The summed E-state index contributed by atoms with van der Waals surface area (Å²) in [5.41, 5.74) is 5.95. The molecule has 3 N–H and O–H groups in total. The molecule has 5 nitrogen and oxygen atoms in total. The van der Waals surface area contributed by atoms with Crippen molar-refractivity contribution in [3.8, 4) is 11.3 Å². The van der Waals surface area contributed by atoms with E-state index in [-0.39, 0.29) is 17.6 Å². The number of hydrogen-bond acceptors (Lipinski definition) is 4. The monoisotopic (exact) mass is 352 g/mol. The van der Waals surface area contributed by atoms with Crippen molar-refractivity contribution in [3.63, 3.8) is 0 Å². The Morgan fingerprint density at radius 3 is 2.61 bits per heavy atom. The van der Waals surface area contributed by atoms with Gasteiger partial charge in [-0.25, -0.2) is 0 Å². The zero-order valence-corrected chi connectivity index (χ0v) is 14.0. The minimum absolute atomic E-state index is 0.0913. The molecule has 0 fully saturated rings. The van der Waals surface area contributed by atoms with Crippen LogP contribution in [0.3, 0.4) is 0 Å². The Hall–Kier alpha value is -1.92. The number of nitrogens with two attached hydrogens (primary N) is 1. The van der Waals surface area contributed by atoms with Crippen LogP contribution in [-0.4, -0.2) is 23.3 Å². The standard InChI is InChI=1S/C16H17ClN2O3S/c17-12-3-1-11(2-4-12)14-6-5-13(22-14)9-19-16(21)7-8-23-10-15(18)20/h1-6H,7-10H2,(H2,18,20)(H,19,21). The molecule has 0 aliphatic rings. The van der Waals surface area contributed by atoms with E-state index in [4.69, 9.17) is 21.8 Å². The fourth-order valence-electron chi connectivity index (χ4n) is 1.85. The highest BCUT2D eigenvalue weighted by atomic mass is 35.5. The molecule has 0 atom stereocenters. The number of carbonyl (C=O) groups excluding carboxylic acids is 2. The molecule has 1 aromatic heterocycles.